The van der Waals surface area contributed by atoms with E-state index >= 15 is 0 Å². The molecule has 1 amide bonds. The number of hydrogen-bond acceptors (Lipinski definition) is 4. The first kappa shape index (κ1) is 17.1. The normalized spacial score (nSPS) is 10.5. The molecule has 0 aliphatic heterocycles. The molecular formula is C19H17FN2O2S. The third-order valence-corrected chi connectivity index (χ3v) is 4.54. The quantitative estimate of drug-likeness (QED) is 0.706. The summed E-state index contributed by atoms with van der Waals surface area (Å²) in [4.78, 5) is 16.6. The van der Waals surface area contributed by atoms with Gasteiger partial charge in [-0.25, -0.2) is 9.37 Å². The third-order valence-electron chi connectivity index (χ3n) is 3.63. The maximum Gasteiger partial charge on any atom is 0.224 e. The fraction of sp³-hybridized carbons (Fsp3) is 0.158. The molecule has 1 heterocycles. The van der Waals surface area contributed by atoms with Crippen LogP contribution < -0.4 is 10.1 Å². The first-order valence-corrected chi connectivity index (χ1v) is 8.66. The van der Waals surface area contributed by atoms with Crippen LogP contribution in [0.15, 0.2) is 53.9 Å². The van der Waals surface area contributed by atoms with E-state index in [2.05, 4.69) is 10.3 Å². The molecule has 0 aliphatic carbocycles. The van der Waals surface area contributed by atoms with Gasteiger partial charge in [0, 0.05) is 29.5 Å². The fourth-order valence-corrected chi connectivity index (χ4v) is 3.10. The van der Waals surface area contributed by atoms with Gasteiger partial charge in [-0.2, -0.15) is 0 Å². The largest absolute Gasteiger partial charge is 0.497 e. The minimum absolute atomic E-state index is 0.0660. The summed E-state index contributed by atoms with van der Waals surface area (Å²) in [6.45, 7) is 0. The van der Waals surface area contributed by atoms with E-state index < -0.39 is 0 Å². The zero-order valence-corrected chi connectivity index (χ0v) is 14.5. The lowest BCUT2D eigenvalue weighted by Gasteiger charge is -2.05. The van der Waals surface area contributed by atoms with Gasteiger partial charge < -0.3 is 10.1 Å². The zero-order chi connectivity index (χ0) is 17.6. The highest BCUT2D eigenvalue weighted by molar-refractivity contribution is 7.09. The number of anilines is 1. The number of ether oxygens (including phenoxy) is 1. The van der Waals surface area contributed by atoms with Crippen molar-refractivity contribution in [2.45, 2.75) is 12.8 Å². The summed E-state index contributed by atoms with van der Waals surface area (Å²) in [6.07, 6.45) is 0.913. The van der Waals surface area contributed by atoms with E-state index in [1.165, 1.54) is 23.5 Å². The minimum atomic E-state index is -0.269. The molecule has 2 aromatic carbocycles. The van der Waals surface area contributed by atoms with Gasteiger partial charge in [0.2, 0.25) is 5.91 Å². The number of hydrogen-bond donors (Lipinski definition) is 1. The van der Waals surface area contributed by atoms with Crippen LogP contribution in [0.3, 0.4) is 0 Å². The average molecular weight is 356 g/mol. The number of benzene rings is 2. The van der Waals surface area contributed by atoms with Crippen LogP contribution in [-0.2, 0) is 11.2 Å². The Balaban J connectivity index is 1.54. The highest BCUT2D eigenvalue weighted by Gasteiger charge is 2.08. The van der Waals surface area contributed by atoms with Gasteiger partial charge in [0.25, 0.3) is 0 Å². The number of carbonyl (C=O) groups is 1. The van der Waals surface area contributed by atoms with Crippen molar-refractivity contribution >= 4 is 22.9 Å². The first-order chi connectivity index (χ1) is 12.1. The van der Waals surface area contributed by atoms with Crippen molar-refractivity contribution in [1.82, 2.24) is 4.98 Å². The molecule has 1 N–H and O–H groups in total. The number of thiazole rings is 1. The highest BCUT2D eigenvalue weighted by Crippen LogP contribution is 2.23. The Bertz CT molecular complexity index is 845. The van der Waals surface area contributed by atoms with Gasteiger partial charge in [-0.15, -0.1) is 11.3 Å². The second-order valence-electron chi connectivity index (χ2n) is 5.41. The Morgan fingerprint density at radius 2 is 1.88 bits per heavy atom. The second kappa shape index (κ2) is 7.90. The number of rotatable bonds is 6. The molecule has 0 atom stereocenters. The molecule has 0 saturated heterocycles. The van der Waals surface area contributed by atoms with Crippen LogP contribution in [0.1, 0.15) is 11.4 Å². The number of nitrogens with zero attached hydrogens (tertiary/aromatic N) is 1. The number of aryl methyl sites for hydroxylation is 1. The van der Waals surface area contributed by atoms with Crippen molar-refractivity contribution in [3.05, 3.63) is 64.7 Å². The van der Waals surface area contributed by atoms with E-state index in [1.54, 1.807) is 43.5 Å². The van der Waals surface area contributed by atoms with Crippen LogP contribution in [0.25, 0.3) is 11.3 Å². The molecule has 3 rings (SSSR count). The molecule has 4 nitrogen and oxygen atoms in total. The van der Waals surface area contributed by atoms with Gasteiger partial charge in [-0.1, -0.05) is 0 Å². The molecule has 0 bridgehead atoms. The van der Waals surface area contributed by atoms with E-state index in [4.69, 9.17) is 4.74 Å². The van der Waals surface area contributed by atoms with Crippen molar-refractivity contribution < 1.29 is 13.9 Å². The summed E-state index contributed by atoms with van der Waals surface area (Å²) < 4.78 is 18.1. The van der Waals surface area contributed by atoms with Crippen LogP contribution >= 0.6 is 11.3 Å². The number of carbonyl (C=O) groups excluding carboxylic acids is 1. The lowest BCUT2D eigenvalue weighted by Crippen LogP contribution is -2.12. The van der Waals surface area contributed by atoms with Crippen molar-refractivity contribution in [2.75, 3.05) is 12.4 Å². The van der Waals surface area contributed by atoms with E-state index in [-0.39, 0.29) is 11.7 Å². The van der Waals surface area contributed by atoms with Gasteiger partial charge in [0.1, 0.15) is 11.6 Å². The molecule has 6 heteroatoms. The molecule has 25 heavy (non-hydrogen) atoms. The van der Waals surface area contributed by atoms with Crippen molar-refractivity contribution in [1.29, 1.82) is 0 Å². The standard InChI is InChI=1S/C19H17FN2O2S/c1-24-16-8-6-15(7-9-16)21-18(23)10-11-19-22-17(12-25-19)13-2-4-14(20)5-3-13/h2-9,12H,10-11H2,1H3,(H,21,23). The molecule has 0 saturated carbocycles. The minimum Gasteiger partial charge on any atom is -0.497 e. The molecular weight excluding hydrogens is 339 g/mol. The van der Waals surface area contributed by atoms with Crippen LogP contribution in [0.5, 0.6) is 5.75 Å². The van der Waals surface area contributed by atoms with Crippen molar-refractivity contribution in [3.63, 3.8) is 0 Å². The van der Waals surface area contributed by atoms with Crippen LogP contribution in [0, 0.1) is 5.82 Å². The Morgan fingerprint density at radius 1 is 1.16 bits per heavy atom. The van der Waals surface area contributed by atoms with E-state index in [9.17, 15) is 9.18 Å². The molecule has 1 aromatic heterocycles. The molecule has 0 spiro atoms. The van der Waals surface area contributed by atoms with Gasteiger partial charge >= 0.3 is 0 Å². The monoisotopic (exact) mass is 356 g/mol. The van der Waals surface area contributed by atoms with Crippen LogP contribution in [-0.4, -0.2) is 18.0 Å². The Kier molecular flexibility index (Phi) is 5.40. The number of halogens is 1. The predicted molar refractivity (Wildman–Crippen MR) is 97.5 cm³/mol. The van der Waals surface area contributed by atoms with Gasteiger partial charge in [0.15, 0.2) is 0 Å². The molecule has 0 unspecified atom stereocenters. The molecule has 3 aromatic rings. The van der Waals surface area contributed by atoms with Crippen molar-refractivity contribution in [2.24, 2.45) is 0 Å². The van der Waals surface area contributed by atoms with Crippen LogP contribution in [0.2, 0.25) is 0 Å². The van der Waals surface area contributed by atoms with E-state index in [0.29, 0.717) is 12.8 Å². The molecule has 0 fully saturated rings. The summed E-state index contributed by atoms with van der Waals surface area (Å²) >= 11 is 1.50. The van der Waals surface area contributed by atoms with Gasteiger partial charge in [-0.3, -0.25) is 4.79 Å². The number of amides is 1. The SMILES string of the molecule is COc1ccc(NC(=O)CCc2nc(-c3ccc(F)cc3)cs2)cc1. The van der Waals surface area contributed by atoms with Crippen LogP contribution in [0.4, 0.5) is 10.1 Å². The molecule has 0 radical (unpaired) electrons. The zero-order valence-electron chi connectivity index (χ0n) is 13.7. The van der Waals surface area contributed by atoms with Crippen molar-refractivity contribution in [3.8, 4) is 17.0 Å². The Hall–Kier alpha value is -2.73. The summed E-state index contributed by atoms with van der Waals surface area (Å²) in [5, 5.41) is 5.65. The van der Waals surface area contributed by atoms with E-state index in [0.717, 1.165) is 27.7 Å². The summed E-state index contributed by atoms with van der Waals surface area (Å²) in [6, 6.07) is 13.4. The lowest BCUT2D eigenvalue weighted by molar-refractivity contribution is -0.116. The summed E-state index contributed by atoms with van der Waals surface area (Å²) in [7, 11) is 1.60. The highest BCUT2D eigenvalue weighted by atomic mass is 32.1. The summed E-state index contributed by atoms with van der Waals surface area (Å²) in [5.74, 6) is 0.409. The lowest BCUT2D eigenvalue weighted by atomic mass is 10.2. The number of aromatic nitrogens is 1. The van der Waals surface area contributed by atoms with Gasteiger partial charge in [-0.05, 0) is 48.5 Å². The number of methoxy groups -OCH3 is 1. The first-order valence-electron chi connectivity index (χ1n) is 7.78. The van der Waals surface area contributed by atoms with E-state index in [1.807, 2.05) is 5.38 Å². The topological polar surface area (TPSA) is 51.2 Å². The molecule has 128 valence electrons. The van der Waals surface area contributed by atoms with Gasteiger partial charge in [0.05, 0.1) is 17.8 Å². The Labute approximate surface area is 149 Å². The fourth-order valence-electron chi connectivity index (χ4n) is 2.30. The number of nitrogens with one attached hydrogen (secondary N) is 1. The molecule has 0 aliphatic rings. The smallest absolute Gasteiger partial charge is 0.224 e. The second-order valence-corrected chi connectivity index (χ2v) is 6.35. The average Bonchev–Trinajstić information content (AvgIpc) is 3.10. The Morgan fingerprint density at radius 3 is 2.56 bits per heavy atom. The maximum absolute atomic E-state index is 13.0. The predicted octanol–water partition coefficient (Wildman–Crippen LogP) is 4.53. The summed E-state index contributed by atoms with van der Waals surface area (Å²) in [5.41, 5.74) is 2.40. The maximum atomic E-state index is 13.0. The third kappa shape index (κ3) is 4.64.